The second-order valence-corrected chi connectivity index (χ2v) is 1.76. The van der Waals surface area contributed by atoms with Gasteiger partial charge in [-0.1, -0.05) is 11.6 Å². The Balaban J connectivity index is 3.03. The van der Waals surface area contributed by atoms with Gasteiger partial charge in [0.05, 0.1) is 0 Å². The van der Waals surface area contributed by atoms with Gasteiger partial charge in [-0.3, -0.25) is 0 Å². The Morgan fingerprint density at radius 1 is 1.50 bits per heavy atom. The van der Waals surface area contributed by atoms with E-state index in [0.29, 0.717) is 5.02 Å². The lowest BCUT2D eigenvalue weighted by Crippen LogP contribution is -1.68. The molecule has 0 aliphatic heterocycles. The monoisotopic (exact) mass is 129 g/mol. The second-order valence-electron chi connectivity index (χ2n) is 1.35. The lowest BCUT2D eigenvalue weighted by molar-refractivity contribution is 0.627. The Morgan fingerprint density at radius 2 is 2.25 bits per heavy atom. The number of halogens is 2. The molecule has 1 aromatic rings. The van der Waals surface area contributed by atoms with Crippen LogP contribution in [0.3, 0.4) is 0 Å². The first-order valence-electron chi connectivity index (χ1n) is 2.12. The van der Waals surface area contributed by atoms with E-state index in [2.05, 4.69) is 6.07 Å². The van der Waals surface area contributed by atoms with Crippen molar-refractivity contribution in [2.45, 2.75) is 0 Å². The van der Waals surface area contributed by atoms with Crippen molar-refractivity contribution in [2.75, 3.05) is 0 Å². The molecule has 1 radical (unpaired) electrons. The van der Waals surface area contributed by atoms with Crippen molar-refractivity contribution in [3.63, 3.8) is 0 Å². The summed E-state index contributed by atoms with van der Waals surface area (Å²) < 4.78 is 12.0. The van der Waals surface area contributed by atoms with E-state index >= 15 is 0 Å². The zero-order chi connectivity index (χ0) is 5.98. The third-order valence-electron chi connectivity index (χ3n) is 0.737. The van der Waals surface area contributed by atoms with Crippen LogP contribution in [-0.4, -0.2) is 0 Å². The lowest BCUT2D eigenvalue weighted by Gasteiger charge is -1.84. The molecule has 2 heteroatoms. The van der Waals surface area contributed by atoms with Gasteiger partial charge in [0.1, 0.15) is 5.82 Å². The molecule has 1 rings (SSSR count). The Labute approximate surface area is 51.9 Å². The van der Waals surface area contributed by atoms with Crippen molar-refractivity contribution in [3.05, 3.63) is 35.1 Å². The summed E-state index contributed by atoms with van der Waals surface area (Å²) in [4.78, 5) is 0. The summed E-state index contributed by atoms with van der Waals surface area (Å²) in [5.41, 5.74) is 0. The highest BCUT2D eigenvalue weighted by Gasteiger charge is 1.86. The predicted octanol–water partition coefficient (Wildman–Crippen LogP) is 2.28. The van der Waals surface area contributed by atoms with E-state index in [1.54, 1.807) is 0 Å². The minimum absolute atomic E-state index is 0.311. The molecule has 0 fully saturated rings. The molecular formula is C6H3ClF. The molecule has 0 aliphatic rings. The summed E-state index contributed by atoms with van der Waals surface area (Å²) in [5, 5.41) is 0.436. The van der Waals surface area contributed by atoms with Gasteiger partial charge >= 0.3 is 0 Å². The fourth-order valence-electron chi connectivity index (χ4n) is 0.387. The molecule has 0 nitrogen and oxygen atoms in total. The Hall–Kier alpha value is -0.560. The van der Waals surface area contributed by atoms with Crippen molar-refractivity contribution >= 4 is 11.6 Å². The van der Waals surface area contributed by atoms with E-state index in [1.165, 1.54) is 18.2 Å². The Morgan fingerprint density at radius 3 is 2.62 bits per heavy atom. The Kier molecular flexibility index (Phi) is 1.49. The van der Waals surface area contributed by atoms with Crippen LogP contribution < -0.4 is 0 Å². The molecule has 8 heavy (non-hydrogen) atoms. The molecule has 0 N–H and O–H groups in total. The average molecular weight is 130 g/mol. The fourth-order valence-corrected chi connectivity index (χ4v) is 0.504. The van der Waals surface area contributed by atoms with E-state index in [-0.39, 0.29) is 5.82 Å². The quantitative estimate of drug-likeness (QED) is 0.504. The SMILES string of the molecule is Fc1c[c]c(Cl)cc1. The predicted molar refractivity (Wildman–Crippen MR) is 30.2 cm³/mol. The lowest BCUT2D eigenvalue weighted by atomic mass is 10.4. The van der Waals surface area contributed by atoms with Gasteiger partial charge in [-0.2, -0.15) is 0 Å². The normalized spacial score (nSPS) is 9.25. The van der Waals surface area contributed by atoms with Gasteiger partial charge in [0.25, 0.3) is 0 Å². The number of rotatable bonds is 0. The molecule has 0 saturated carbocycles. The molecule has 0 aliphatic carbocycles. The average Bonchev–Trinajstić information content (AvgIpc) is 1.77. The smallest absolute Gasteiger partial charge is 0.123 e. The van der Waals surface area contributed by atoms with Crippen LogP contribution in [0.4, 0.5) is 4.39 Å². The summed E-state index contributed by atoms with van der Waals surface area (Å²) >= 11 is 5.39. The first-order valence-corrected chi connectivity index (χ1v) is 2.49. The van der Waals surface area contributed by atoms with Gasteiger partial charge in [0.2, 0.25) is 0 Å². The van der Waals surface area contributed by atoms with Crippen LogP contribution in [0.1, 0.15) is 0 Å². The number of hydrogen-bond donors (Lipinski definition) is 0. The van der Waals surface area contributed by atoms with E-state index in [9.17, 15) is 4.39 Å². The largest absolute Gasteiger partial charge is 0.207 e. The van der Waals surface area contributed by atoms with Crippen LogP contribution in [-0.2, 0) is 0 Å². The summed E-state index contributed by atoms with van der Waals surface area (Å²) in [6.07, 6.45) is 0. The molecule has 1 aromatic carbocycles. The number of hydrogen-bond acceptors (Lipinski definition) is 0. The summed E-state index contributed by atoms with van der Waals surface area (Å²) in [6, 6.07) is 6.43. The van der Waals surface area contributed by atoms with Gasteiger partial charge < -0.3 is 0 Å². The van der Waals surface area contributed by atoms with Gasteiger partial charge in [0, 0.05) is 11.1 Å². The van der Waals surface area contributed by atoms with E-state index in [0.717, 1.165) is 0 Å². The van der Waals surface area contributed by atoms with Crippen LogP contribution >= 0.6 is 11.6 Å². The highest BCUT2D eigenvalue weighted by Crippen LogP contribution is 2.06. The van der Waals surface area contributed by atoms with Crippen LogP contribution in [0.25, 0.3) is 0 Å². The highest BCUT2D eigenvalue weighted by molar-refractivity contribution is 6.30. The van der Waals surface area contributed by atoms with Crippen LogP contribution in [0.2, 0.25) is 5.02 Å². The molecule has 0 unspecified atom stereocenters. The third-order valence-corrected chi connectivity index (χ3v) is 0.972. The second kappa shape index (κ2) is 2.14. The fraction of sp³-hybridized carbons (Fsp3) is 0. The molecule has 0 amide bonds. The van der Waals surface area contributed by atoms with Crippen molar-refractivity contribution in [2.24, 2.45) is 0 Å². The van der Waals surface area contributed by atoms with Gasteiger partial charge in [-0.25, -0.2) is 4.39 Å². The van der Waals surface area contributed by atoms with Crippen molar-refractivity contribution in [3.8, 4) is 0 Å². The molecule has 0 saturated heterocycles. The van der Waals surface area contributed by atoms with Crippen LogP contribution in [0.15, 0.2) is 18.2 Å². The summed E-state index contributed by atoms with van der Waals surface area (Å²) in [5.74, 6) is -0.311. The maximum Gasteiger partial charge on any atom is 0.123 e. The maximum atomic E-state index is 12.0. The topological polar surface area (TPSA) is 0 Å². The van der Waals surface area contributed by atoms with Crippen molar-refractivity contribution < 1.29 is 4.39 Å². The standard InChI is InChI=1S/C6H3ClF/c7-5-1-3-6(8)4-2-5/h1,3-4H. The van der Waals surface area contributed by atoms with E-state index in [4.69, 9.17) is 11.6 Å². The number of benzene rings is 1. The molecular weight excluding hydrogens is 127 g/mol. The molecule has 0 bridgehead atoms. The minimum Gasteiger partial charge on any atom is -0.207 e. The molecule has 0 heterocycles. The Bertz CT molecular complexity index is 147. The maximum absolute atomic E-state index is 12.0. The third kappa shape index (κ3) is 1.20. The van der Waals surface area contributed by atoms with Crippen LogP contribution in [0, 0.1) is 11.9 Å². The zero-order valence-corrected chi connectivity index (χ0v) is 4.74. The van der Waals surface area contributed by atoms with Gasteiger partial charge in [-0.15, -0.1) is 0 Å². The highest BCUT2D eigenvalue weighted by atomic mass is 35.5. The molecule has 0 atom stereocenters. The van der Waals surface area contributed by atoms with Gasteiger partial charge in [-0.05, 0) is 18.2 Å². The first kappa shape index (κ1) is 5.57. The first-order chi connectivity index (χ1) is 3.79. The zero-order valence-electron chi connectivity index (χ0n) is 3.99. The molecule has 0 aromatic heterocycles. The molecule has 0 spiro atoms. The van der Waals surface area contributed by atoms with E-state index in [1.807, 2.05) is 0 Å². The summed E-state index contributed by atoms with van der Waals surface area (Å²) in [6.45, 7) is 0. The van der Waals surface area contributed by atoms with Crippen molar-refractivity contribution in [1.29, 1.82) is 0 Å². The van der Waals surface area contributed by atoms with Crippen molar-refractivity contribution in [1.82, 2.24) is 0 Å². The summed E-state index contributed by atoms with van der Waals surface area (Å²) in [7, 11) is 0. The van der Waals surface area contributed by atoms with E-state index < -0.39 is 0 Å². The minimum atomic E-state index is -0.311. The van der Waals surface area contributed by atoms with Gasteiger partial charge in [0.15, 0.2) is 0 Å². The van der Waals surface area contributed by atoms with Crippen LogP contribution in [0.5, 0.6) is 0 Å². The molecule has 41 valence electrons.